The van der Waals surface area contributed by atoms with Crippen LogP contribution in [0.15, 0.2) is 53.1 Å². The fourth-order valence-corrected chi connectivity index (χ4v) is 2.48. The molecule has 0 saturated heterocycles. The molecule has 2 N–H and O–H groups in total. The van der Waals surface area contributed by atoms with Gasteiger partial charge in [-0.05, 0) is 43.3 Å². The monoisotopic (exact) mass is 342 g/mol. The molecule has 2 amide bonds. The molecule has 3 rings (SSSR count). The number of hydrogen-bond acceptors (Lipinski definition) is 3. The van der Waals surface area contributed by atoms with E-state index in [-0.39, 0.29) is 12.3 Å². The molecule has 0 aliphatic heterocycles. The van der Waals surface area contributed by atoms with E-state index in [4.69, 9.17) is 16.0 Å². The second-order valence-electron chi connectivity index (χ2n) is 5.45. The van der Waals surface area contributed by atoms with Gasteiger partial charge in [-0.25, -0.2) is 0 Å². The summed E-state index contributed by atoms with van der Waals surface area (Å²) in [5.41, 5.74) is 7.77. The maximum absolute atomic E-state index is 12.0. The number of hydrogen-bond donors (Lipinski definition) is 2. The number of furan rings is 1. The summed E-state index contributed by atoms with van der Waals surface area (Å²) in [6.45, 7) is 1.97. The number of aryl methyl sites for hydroxylation is 1. The summed E-state index contributed by atoms with van der Waals surface area (Å²) in [4.78, 5) is 24.0. The topological polar surface area (TPSA) is 71.3 Å². The lowest BCUT2D eigenvalue weighted by Crippen LogP contribution is -2.42. The first kappa shape index (κ1) is 16.1. The van der Waals surface area contributed by atoms with Crippen LogP contribution in [0.25, 0.3) is 11.0 Å². The fraction of sp³-hybridized carbons (Fsp3) is 0.111. The number of fused-ring (bicyclic) bond motifs is 1. The van der Waals surface area contributed by atoms with Crippen molar-refractivity contribution >= 4 is 34.4 Å². The molecule has 0 bridgehead atoms. The lowest BCUT2D eigenvalue weighted by atomic mass is 10.1. The highest BCUT2D eigenvalue weighted by Crippen LogP contribution is 2.22. The van der Waals surface area contributed by atoms with E-state index in [0.29, 0.717) is 10.6 Å². The van der Waals surface area contributed by atoms with Gasteiger partial charge in [0.1, 0.15) is 5.58 Å². The average Bonchev–Trinajstić information content (AvgIpc) is 2.95. The van der Waals surface area contributed by atoms with Crippen molar-refractivity contribution in [1.82, 2.24) is 10.9 Å². The number of carbonyl (C=O) groups is 2. The number of amides is 2. The average molecular weight is 343 g/mol. The second kappa shape index (κ2) is 6.76. The summed E-state index contributed by atoms with van der Waals surface area (Å²) in [5, 5.41) is 1.44. The van der Waals surface area contributed by atoms with E-state index in [1.165, 1.54) is 0 Å². The minimum absolute atomic E-state index is 0.108. The maximum Gasteiger partial charge on any atom is 0.269 e. The van der Waals surface area contributed by atoms with E-state index in [1.54, 1.807) is 30.5 Å². The highest BCUT2D eigenvalue weighted by atomic mass is 35.5. The van der Waals surface area contributed by atoms with Crippen LogP contribution in [0.3, 0.4) is 0 Å². The van der Waals surface area contributed by atoms with Gasteiger partial charge in [0.15, 0.2) is 0 Å². The maximum atomic E-state index is 12.0. The van der Waals surface area contributed by atoms with Crippen LogP contribution in [0.4, 0.5) is 0 Å². The van der Waals surface area contributed by atoms with Crippen LogP contribution < -0.4 is 10.9 Å². The molecule has 0 aliphatic rings. The van der Waals surface area contributed by atoms with Crippen molar-refractivity contribution in [1.29, 1.82) is 0 Å². The molecule has 2 aromatic carbocycles. The van der Waals surface area contributed by atoms with Gasteiger partial charge in [-0.1, -0.05) is 23.2 Å². The predicted octanol–water partition coefficient (Wildman–Crippen LogP) is 3.40. The first-order valence-corrected chi connectivity index (χ1v) is 7.72. The van der Waals surface area contributed by atoms with Gasteiger partial charge in [-0.15, -0.1) is 0 Å². The van der Waals surface area contributed by atoms with Crippen LogP contribution in [0.2, 0.25) is 5.02 Å². The van der Waals surface area contributed by atoms with Crippen molar-refractivity contribution in [2.24, 2.45) is 0 Å². The third-order valence-corrected chi connectivity index (χ3v) is 3.83. The molecule has 0 atom stereocenters. The van der Waals surface area contributed by atoms with E-state index < -0.39 is 5.91 Å². The molecule has 0 spiro atoms. The van der Waals surface area contributed by atoms with Crippen LogP contribution in [0.5, 0.6) is 0 Å². The van der Waals surface area contributed by atoms with Crippen molar-refractivity contribution in [3.05, 3.63) is 70.4 Å². The standard InChI is InChI=1S/C18H15ClN2O3/c1-11-2-7-16-15(8-11)13(10-24-16)9-17(22)20-21-18(23)12-3-5-14(19)6-4-12/h2-8,10H,9H2,1H3,(H,20,22)(H,21,23). The largest absolute Gasteiger partial charge is 0.464 e. The van der Waals surface area contributed by atoms with Gasteiger partial charge in [0.05, 0.1) is 12.7 Å². The molecule has 24 heavy (non-hydrogen) atoms. The molecule has 3 aromatic rings. The van der Waals surface area contributed by atoms with Gasteiger partial charge >= 0.3 is 0 Å². The number of nitrogens with one attached hydrogen (secondary N) is 2. The molecule has 122 valence electrons. The molecule has 0 radical (unpaired) electrons. The van der Waals surface area contributed by atoms with Gasteiger partial charge in [0, 0.05) is 21.5 Å². The van der Waals surface area contributed by atoms with Crippen LogP contribution in [-0.4, -0.2) is 11.8 Å². The van der Waals surface area contributed by atoms with E-state index in [1.807, 2.05) is 25.1 Å². The fourth-order valence-electron chi connectivity index (χ4n) is 2.35. The second-order valence-corrected chi connectivity index (χ2v) is 5.88. The molecule has 0 aliphatic carbocycles. The van der Waals surface area contributed by atoms with Gasteiger partial charge in [-0.3, -0.25) is 20.4 Å². The van der Waals surface area contributed by atoms with Gasteiger partial charge in [0.25, 0.3) is 5.91 Å². The smallest absolute Gasteiger partial charge is 0.269 e. The van der Waals surface area contributed by atoms with Crippen LogP contribution in [0, 0.1) is 6.92 Å². The minimum Gasteiger partial charge on any atom is -0.464 e. The Kier molecular flexibility index (Phi) is 4.53. The van der Waals surface area contributed by atoms with Crippen molar-refractivity contribution < 1.29 is 14.0 Å². The number of benzene rings is 2. The van der Waals surface area contributed by atoms with Crippen molar-refractivity contribution in [3.63, 3.8) is 0 Å². The Labute approximate surface area is 143 Å². The third-order valence-electron chi connectivity index (χ3n) is 3.58. The Bertz CT molecular complexity index is 900. The Morgan fingerprint density at radius 1 is 1.08 bits per heavy atom. The first-order chi connectivity index (χ1) is 11.5. The summed E-state index contributed by atoms with van der Waals surface area (Å²) < 4.78 is 5.43. The molecular formula is C18H15ClN2O3. The Balaban J connectivity index is 1.62. The van der Waals surface area contributed by atoms with E-state index in [2.05, 4.69) is 10.9 Å². The van der Waals surface area contributed by atoms with Gasteiger partial charge in [0.2, 0.25) is 5.91 Å². The quantitative estimate of drug-likeness (QED) is 0.717. The normalized spacial score (nSPS) is 10.6. The number of rotatable bonds is 3. The zero-order valence-corrected chi connectivity index (χ0v) is 13.7. The highest BCUT2D eigenvalue weighted by molar-refractivity contribution is 6.30. The number of hydrazine groups is 1. The van der Waals surface area contributed by atoms with Gasteiger partial charge < -0.3 is 4.42 Å². The molecule has 0 unspecified atom stereocenters. The highest BCUT2D eigenvalue weighted by Gasteiger charge is 2.12. The summed E-state index contributed by atoms with van der Waals surface area (Å²) in [7, 11) is 0. The SMILES string of the molecule is Cc1ccc2occ(CC(=O)NNC(=O)c3ccc(Cl)cc3)c2c1. The van der Waals surface area contributed by atoms with Gasteiger partial charge in [-0.2, -0.15) is 0 Å². The Morgan fingerprint density at radius 3 is 2.58 bits per heavy atom. The molecule has 0 saturated carbocycles. The lowest BCUT2D eigenvalue weighted by molar-refractivity contribution is -0.121. The predicted molar refractivity (Wildman–Crippen MR) is 91.7 cm³/mol. The summed E-state index contributed by atoms with van der Waals surface area (Å²) >= 11 is 5.77. The zero-order chi connectivity index (χ0) is 17.1. The molecule has 1 aromatic heterocycles. The number of carbonyl (C=O) groups excluding carboxylic acids is 2. The van der Waals surface area contributed by atoms with E-state index >= 15 is 0 Å². The summed E-state index contributed by atoms with van der Waals surface area (Å²) in [6.07, 6.45) is 1.67. The van der Waals surface area contributed by atoms with E-state index in [0.717, 1.165) is 22.1 Å². The van der Waals surface area contributed by atoms with E-state index in [9.17, 15) is 9.59 Å². The Hall–Kier alpha value is -2.79. The summed E-state index contributed by atoms with van der Waals surface area (Å²) in [5.74, 6) is -0.741. The molecule has 5 nitrogen and oxygen atoms in total. The molecule has 0 fully saturated rings. The van der Waals surface area contributed by atoms with Crippen LogP contribution in [-0.2, 0) is 11.2 Å². The number of halogens is 1. The molecular weight excluding hydrogens is 328 g/mol. The molecule has 1 heterocycles. The van der Waals surface area contributed by atoms with Crippen molar-refractivity contribution in [2.75, 3.05) is 0 Å². The third kappa shape index (κ3) is 3.58. The van der Waals surface area contributed by atoms with Crippen LogP contribution in [0.1, 0.15) is 21.5 Å². The summed E-state index contributed by atoms with van der Waals surface area (Å²) in [6, 6.07) is 12.2. The zero-order valence-electron chi connectivity index (χ0n) is 12.9. The minimum atomic E-state index is -0.409. The Morgan fingerprint density at radius 2 is 1.83 bits per heavy atom. The first-order valence-electron chi connectivity index (χ1n) is 7.34. The van der Waals surface area contributed by atoms with Crippen molar-refractivity contribution in [2.45, 2.75) is 13.3 Å². The lowest BCUT2D eigenvalue weighted by Gasteiger charge is -2.07. The van der Waals surface area contributed by atoms with Crippen molar-refractivity contribution in [3.8, 4) is 0 Å². The molecule has 6 heteroatoms. The van der Waals surface area contributed by atoms with Crippen LogP contribution >= 0.6 is 11.6 Å².